The van der Waals surface area contributed by atoms with Crippen molar-refractivity contribution in [1.82, 2.24) is 0 Å². The van der Waals surface area contributed by atoms with Crippen LogP contribution in [0.3, 0.4) is 0 Å². The Labute approximate surface area is 668 Å². The van der Waals surface area contributed by atoms with Gasteiger partial charge in [-0.05, 0) is 262 Å². The molecule has 12 aliphatic rings. The lowest BCUT2D eigenvalue weighted by atomic mass is 9.52. The van der Waals surface area contributed by atoms with Gasteiger partial charge in [0.25, 0.3) is 0 Å². The summed E-state index contributed by atoms with van der Waals surface area (Å²) in [6.07, 6.45) is 71.1. The second-order valence-corrected chi connectivity index (χ2v) is 50.6. The zero-order valence-electron chi connectivity index (χ0n) is 80.6. The first-order valence-electron chi connectivity index (χ1n) is 47.6. The van der Waals surface area contributed by atoms with Crippen LogP contribution < -0.4 is 0 Å². The van der Waals surface area contributed by atoms with Crippen molar-refractivity contribution in [2.45, 2.75) is 564 Å². The minimum Gasteiger partial charge on any atom is -0.0648 e. The van der Waals surface area contributed by atoms with Crippen molar-refractivity contribution in [2.24, 2.45) is 108 Å². The number of rotatable bonds is 3. The third-order valence-electron chi connectivity index (χ3n) is 40.0. The van der Waals surface area contributed by atoms with Gasteiger partial charge in [-0.25, -0.2) is 0 Å². The highest BCUT2D eigenvalue weighted by Crippen LogP contribution is 2.61. The molecule has 12 aliphatic carbocycles. The van der Waals surface area contributed by atoms with E-state index in [-0.39, 0.29) is 0 Å². The monoisotopic (exact) mass is 1470 g/mol. The fourth-order valence-electron chi connectivity index (χ4n) is 22.4. The number of fused-ring (bicyclic) bond motifs is 1. The van der Waals surface area contributed by atoms with Crippen molar-refractivity contribution in [3.8, 4) is 0 Å². The fourth-order valence-corrected chi connectivity index (χ4v) is 22.4. The quantitative estimate of drug-likeness (QED) is 0.264. The summed E-state index contributed by atoms with van der Waals surface area (Å²) >= 11 is 0. The predicted octanol–water partition coefficient (Wildman–Crippen LogP) is 37.6. The summed E-state index contributed by atoms with van der Waals surface area (Å²) in [6, 6.07) is 0. The molecule has 12 fully saturated rings. The van der Waals surface area contributed by atoms with Crippen LogP contribution in [-0.2, 0) is 0 Å². The SMILES string of the molecule is CC1(C)CCCC1(C)C.CC1(C)CCCC1(C)C.CC1(C)CCCC1(C)C.CC1(C)CCCCC1(C)C.CC1(C)CCCCC1(C)C.CC1(C)CCCCC1(C)C.CC1(C)CCCCC1(C)C.CC1(C2(C)CCCCC2)CCCCC1.CC12CCCCC1(C)CCCC2.CC[C@@]1(C)CCCC[C@@]1(C)CC. The number of hydrogen-bond donors (Lipinski definition) is 0. The van der Waals surface area contributed by atoms with E-state index in [1.807, 2.05) is 0 Å². The fraction of sp³-hybridized carbons (Fsp3) is 1.00. The summed E-state index contributed by atoms with van der Waals surface area (Å²) in [5, 5.41) is 0. The average Bonchev–Trinajstić information content (AvgIpc) is 1.45. The van der Waals surface area contributed by atoms with E-state index in [0.29, 0.717) is 108 Å². The largest absolute Gasteiger partial charge is 0.0648 e. The predicted molar refractivity (Wildman–Crippen MR) is 479 cm³/mol. The van der Waals surface area contributed by atoms with E-state index < -0.39 is 0 Å². The van der Waals surface area contributed by atoms with Gasteiger partial charge in [0.05, 0.1) is 0 Å². The van der Waals surface area contributed by atoms with Crippen molar-refractivity contribution in [2.75, 3.05) is 0 Å². The molecular weight excluding hydrogens is 1260 g/mol. The minimum absolute atomic E-state index is 0.575. The van der Waals surface area contributed by atoms with E-state index >= 15 is 0 Å². The molecule has 0 heterocycles. The van der Waals surface area contributed by atoms with Crippen LogP contribution in [0.2, 0.25) is 0 Å². The average molecular weight is 1470 g/mol. The topological polar surface area (TPSA) is 0 Å². The zero-order chi connectivity index (χ0) is 80.6. The highest BCUT2D eigenvalue weighted by Gasteiger charge is 2.50. The molecule has 0 nitrogen and oxygen atoms in total. The van der Waals surface area contributed by atoms with Crippen molar-refractivity contribution >= 4 is 0 Å². The molecule has 0 radical (unpaired) electrons. The first-order valence-corrected chi connectivity index (χ1v) is 47.6. The zero-order valence-corrected chi connectivity index (χ0v) is 80.6. The molecule has 0 amide bonds. The lowest BCUT2D eigenvalue weighted by molar-refractivity contribution is -0.0261. The Balaban J connectivity index is 0.000000304. The van der Waals surface area contributed by atoms with Crippen LogP contribution in [0.1, 0.15) is 564 Å². The Morgan fingerprint density at radius 3 is 0.314 bits per heavy atom. The first-order chi connectivity index (χ1) is 47.6. The van der Waals surface area contributed by atoms with Crippen LogP contribution in [0.25, 0.3) is 0 Å². The molecule has 0 saturated heterocycles. The third-order valence-corrected chi connectivity index (χ3v) is 40.0. The summed E-state index contributed by atoms with van der Waals surface area (Å²) in [7, 11) is 0. The molecule has 0 unspecified atom stereocenters. The highest BCUT2D eigenvalue weighted by molar-refractivity contribution is 5.01. The molecule has 0 N–H and O–H groups in total. The van der Waals surface area contributed by atoms with Gasteiger partial charge in [0, 0.05) is 0 Å². The maximum absolute atomic E-state index is 2.58. The Bertz CT molecular complexity index is 2020. The Hall–Kier alpha value is 0. The van der Waals surface area contributed by atoms with Gasteiger partial charge < -0.3 is 0 Å². The molecule has 0 aromatic carbocycles. The smallest absolute Gasteiger partial charge is 0.0272 e. The van der Waals surface area contributed by atoms with Gasteiger partial charge in [0.15, 0.2) is 0 Å². The molecule has 12 saturated carbocycles. The van der Waals surface area contributed by atoms with E-state index in [1.165, 1.54) is 315 Å². The Morgan fingerprint density at radius 2 is 0.210 bits per heavy atom. The van der Waals surface area contributed by atoms with Gasteiger partial charge in [0.2, 0.25) is 0 Å². The van der Waals surface area contributed by atoms with Crippen LogP contribution in [0.15, 0.2) is 0 Å². The van der Waals surface area contributed by atoms with Gasteiger partial charge in [0.1, 0.15) is 0 Å². The maximum Gasteiger partial charge on any atom is -0.0272 e. The van der Waals surface area contributed by atoms with Crippen molar-refractivity contribution in [3.63, 3.8) is 0 Å². The van der Waals surface area contributed by atoms with Gasteiger partial charge in [-0.2, -0.15) is 0 Å². The molecule has 2 atom stereocenters. The van der Waals surface area contributed by atoms with E-state index in [9.17, 15) is 0 Å². The minimum atomic E-state index is 0.575. The molecule has 105 heavy (non-hydrogen) atoms. The van der Waals surface area contributed by atoms with Crippen LogP contribution in [0, 0.1) is 108 Å². The third kappa shape index (κ3) is 26.3. The van der Waals surface area contributed by atoms with Crippen LogP contribution >= 0.6 is 0 Å². The van der Waals surface area contributed by atoms with E-state index in [0.717, 1.165) is 0 Å². The summed E-state index contributed by atoms with van der Waals surface area (Å²) in [4.78, 5) is 0. The van der Waals surface area contributed by atoms with Crippen LogP contribution in [0.5, 0.6) is 0 Å². The molecule has 0 heteroatoms. The van der Waals surface area contributed by atoms with Gasteiger partial charge >= 0.3 is 0 Å². The second kappa shape index (κ2) is 38.6. The van der Waals surface area contributed by atoms with Crippen molar-refractivity contribution in [1.29, 1.82) is 0 Å². The molecule has 0 bridgehead atoms. The molecule has 12 rings (SSSR count). The standard InChI is InChI=1S/C14H26.C12H22.C12H24.4C10H20.3C9H18/c1-13(9-5-3-6-10-13)14(2)11-7-4-8-12-14;1-11-7-3-5-9-12(11,2)10-6-4-8-11;1-5-11(3)9-7-8-10-12(11,4)6-2;4*1-9(2)7-5-6-8-10(9,3)4;3*1-8(2)6-5-7-9(8,3)4/h3-12H2,1-2H3;3-10H2,1-2H3;5-10H2,1-4H3;4*5-8H2,1-4H3;3*5-7H2,1-4H3/t;;11-,12+;;;;;;;. The lowest BCUT2D eigenvalue weighted by Gasteiger charge is -2.53. The number of hydrogen-bond acceptors (Lipinski definition) is 0. The first kappa shape index (κ1) is 99.2. The molecule has 0 aliphatic heterocycles. The summed E-state index contributed by atoms with van der Waals surface area (Å²) in [5.74, 6) is 0. The molecule has 0 aromatic rings. The maximum atomic E-state index is 2.58. The van der Waals surface area contributed by atoms with Crippen LogP contribution in [-0.4, -0.2) is 0 Å². The van der Waals surface area contributed by atoms with Crippen molar-refractivity contribution < 1.29 is 0 Å². The molecule has 626 valence electrons. The van der Waals surface area contributed by atoms with Crippen molar-refractivity contribution in [3.05, 3.63) is 0 Å². The van der Waals surface area contributed by atoms with Gasteiger partial charge in [-0.3, -0.25) is 0 Å². The normalized spacial score (nSPS) is 33.9. The summed E-state index contributed by atoms with van der Waals surface area (Å²) in [5.41, 5.74) is 12.2. The van der Waals surface area contributed by atoms with Crippen LogP contribution in [0.4, 0.5) is 0 Å². The van der Waals surface area contributed by atoms with Gasteiger partial charge in [-0.1, -0.05) is 410 Å². The molecule has 0 spiro atoms. The summed E-state index contributed by atoms with van der Waals surface area (Å²) in [6.45, 7) is 87.2. The van der Waals surface area contributed by atoms with E-state index in [4.69, 9.17) is 0 Å². The summed E-state index contributed by atoms with van der Waals surface area (Å²) < 4.78 is 0. The lowest BCUT2D eigenvalue weighted by Crippen LogP contribution is -2.42. The molecular formula is C105H206. The highest BCUT2D eigenvalue weighted by atomic mass is 14.5. The Morgan fingerprint density at radius 1 is 0.114 bits per heavy atom. The van der Waals surface area contributed by atoms with Gasteiger partial charge in [-0.15, -0.1) is 0 Å². The van der Waals surface area contributed by atoms with E-state index in [1.54, 1.807) is 0 Å². The Kier molecular flexibility index (Phi) is 36.5. The van der Waals surface area contributed by atoms with E-state index in [2.05, 4.69) is 249 Å². The molecule has 0 aromatic heterocycles. The second-order valence-electron chi connectivity index (χ2n) is 50.6.